The van der Waals surface area contributed by atoms with Crippen LogP contribution in [0.5, 0.6) is 0 Å². The Kier molecular flexibility index (Phi) is 5.42. The summed E-state index contributed by atoms with van der Waals surface area (Å²) in [5.74, 6) is -0.395. The summed E-state index contributed by atoms with van der Waals surface area (Å²) in [6.07, 6.45) is 4.63. The smallest absolute Gasteiger partial charge is 0.227 e. The molecule has 0 aliphatic carbocycles. The van der Waals surface area contributed by atoms with Crippen molar-refractivity contribution in [2.45, 2.75) is 12.8 Å². The second-order valence-electron chi connectivity index (χ2n) is 8.06. The van der Waals surface area contributed by atoms with Crippen molar-refractivity contribution in [3.05, 3.63) is 90.8 Å². The van der Waals surface area contributed by atoms with Crippen molar-refractivity contribution in [1.82, 2.24) is 15.1 Å². The number of benzene rings is 3. The Bertz CT molecular complexity index is 1240. The SMILES string of the molecule is O=C(NCCc1ccc(-n2cccn2)cc1)C1CC(=O)N(c2cccc3ccccc23)C1. The van der Waals surface area contributed by atoms with Crippen molar-refractivity contribution in [1.29, 1.82) is 0 Å². The highest BCUT2D eigenvalue weighted by Gasteiger charge is 2.35. The number of aromatic nitrogens is 2. The number of fused-ring (bicyclic) bond motifs is 1. The highest BCUT2D eigenvalue weighted by molar-refractivity contribution is 6.06. The van der Waals surface area contributed by atoms with Gasteiger partial charge in [-0.2, -0.15) is 5.10 Å². The van der Waals surface area contributed by atoms with E-state index in [4.69, 9.17) is 0 Å². The van der Waals surface area contributed by atoms with Gasteiger partial charge in [-0.25, -0.2) is 4.68 Å². The predicted molar refractivity (Wildman–Crippen MR) is 125 cm³/mol. The first-order valence-electron chi connectivity index (χ1n) is 10.8. The third-order valence-electron chi connectivity index (χ3n) is 5.97. The van der Waals surface area contributed by atoms with Crippen LogP contribution in [0.25, 0.3) is 16.5 Å². The highest BCUT2D eigenvalue weighted by atomic mass is 16.2. The third-order valence-corrected chi connectivity index (χ3v) is 5.97. The van der Waals surface area contributed by atoms with Crippen LogP contribution in [0, 0.1) is 5.92 Å². The van der Waals surface area contributed by atoms with Crippen LogP contribution in [0.3, 0.4) is 0 Å². The van der Waals surface area contributed by atoms with Crippen molar-refractivity contribution in [3.8, 4) is 5.69 Å². The Morgan fingerprint density at radius 1 is 1.00 bits per heavy atom. The number of carbonyl (C=O) groups excluding carboxylic acids is 2. The topological polar surface area (TPSA) is 67.2 Å². The van der Waals surface area contributed by atoms with Gasteiger partial charge >= 0.3 is 0 Å². The van der Waals surface area contributed by atoms with Crippen LogP contribution in [0.4, 0.5) is 5.69 Å². The number of hydrogen-bond acceptors (Lipinski definition) is 3. The van der Waals surface area contributed by atoms with E-state index < -0.39 is 0 Å². The summed E-state index contributed by atoms with van der Waals surface area (Å²) < 4.78 is 1.81. The quantitative estimate of drug-likeness (QED) is 0.513. The molecule has 5 rings (SSSR count). The van der Waals surface area contributed by atoms with Gasteiger partial charge in [-0.3, -0.25) is 9.59 Å². The first kappa shape index (κ1) is 20.0. The summed E-state index contributed by atoms with van der Waals surface area (Å²) >= 11 is 0. The van der Waals surface area contributed by atoms with Gasteiger partial charge in [-0.15, -0.1) is 0 Å². The molecule has 4 aromatic rings. The fraction of sp³-hybridized carbons (Fsp3) is 0.192. The van der Waals surface area contributed by atoms with Crippen LogP contribution < -0.4 is 10.2 Å². The van der Waals surface area contributed by atoms with E-state index in [2.05, 4.69) is 10.4 Å². The molecule has 2 heterocycles. The molecular formula is C26H24N4O2. The zero-order chi connectivity index (χ0) is 21.9. The van der Waals surface area contributed by atoms with E-state index in [1.54, 1.807) is 11.1 Å². The van der Waals surface area contributed by atoms with Gasteiger partial charge in [0.05, 0.1) is 17.3 Å². The molecule has 160 valence electrons. The minimum absolute atomic E-state index is 0.00397. The average Bonchev–Trinajstić information content (AvgIpc) is 3.49. The second kappa shape index (κ2) is 8.67. The van der Waals surface area contributed by atoms with Gasteiger partial charge in [0.25, 0.3) is 0 Å². The van der Waals surface area contributed by atoms with Crippen molar-refractivity contribution in [3.63, 3.8) is 0 Å². The van der Waals surface area contributed by atoms with Crippen LogP contribution in [-0.4, -0.2) is 34.7 Å². The number of carbonyl (C=O) groups is 2. The molecule has 1 fully saturated rings. The Hall–Kier alpha value is -3.93. The Morgan fingerprint density at radius 3 is 2.62 bits per heavy atom. The Balaban J connectivity index is 1.18. The number of amides is 2. The minimum atomic E-state index is -0.330. The van der Waals surface area contributed by atoms with Gasteiger partial charge in [-0.05, 0) is 41.6 Å². The summed E-state index contributed by atoms with van der Waals surface area (Å²) in [4.78, 5) is 27.2. The van der Waals surface area contributed by atoms with E-state index in [0.29, 0.717) is 13.1 Å². The minimum Gasteiger partial charge on any atom is -0.355 e. The maximum absolute atomic E-state index is 12.7. The number of nitrogens with one attached hydrogen (secondary N) is 1. The molecule has 1 aliphatic rings. The molecule has 0 bridgehead atoms. The standard InChI is InChI=1S/C26H24N4O2/c31-25-17-21(18-29(25)24-8-3-6-20-5-1-2-7-23(20)24)26(32)27-15-13-19-9-11-22(12-10-19)30-16-4-14-28-30/h1-12,14,16,21H,13,15,17-18H2,(H,27,32). The van der Waals surface area contributed by atoms with Crippen LogP contribution in [0.2, 0.25) is 0 Å². The lowest BCUT2D eigenvalue weighted by molar-refractivity contribution is -0.126. The van der Waals surface area contributed by atoms with Crippen LogP contribution >= 0.6 is 0 Å². The molecule has 32 heavy (non-hydrogen) atoms. The van der Waals surface area contributed by atoms with Crippen molar-refractivity contribution < 1.29 is 9.59 Å². The molecule has 1 saturated heterocycles. The number of nitrogens with zero attached hydrogens (tertiary/aromatic N) is 3. The van der Waals surface area contributed by atoms with Crippen molar-refractivity contribution >= 4 is 28.3 Å². The fourth-order valence-electron chi connectivity index (χ4n) is 4.27. The van der Waals surface area contributed by atoms with E-state index in [1.165, 1.54) is 0 Å². The maximum Gasteiger partial charge on any atom is 0.227 e. The Labute approximate surface area is 186 Å². The van der Waals surface area contributed by atoms with E-state index >= 15 is 0 Å². The van der Waals surface area contributed by atoms with Gasteiger partial charge in [0, 0.05) is 37.3 Å². The summed E-state index contributed by atoms with van der Waals surface area (Å²) in [7, 11) is 0. The molecular weight excluding hydrogens is 400 g/mol. The molecule has 3 aromatic carbocycles. The molecule has 1 N–H and O–H groups in total. The largest absolute Gasteiger partial charge is 0.355 e. The monoisotopic (exact) mass is 424 g/mol. The van der Waals surface area contributed by atoms with Gasteiger partial charge in [0.15, 0.2) is 0 Å². The normalized spacial score (nSPS) is 15.9. The lowest BCUT2D eigenvalue weighted by Gasteiger charge is -2.19. The first-order chi connectivity index (χ1) is 15.7. The Morgan fingerprint density at radius 2 is 1.81 bits per heavy atom. The molecule has 1 aromatic heterocycles. The fourth-order valence-corrected chi connectivity index (χ4v) is 4.27. The third kappa shape index (κ3) is 3.99. The summed E-state index contributed by atoms with van der Waals surface area (Å²) in [5.41, 5.74) is 3.02. The molecule has 0 radical (unpaired) electrons. The van der Waals surface area contributed by atoms with Crippen LogP contribution in [0.1, 0.15) is 12.0 Å². The van der Waals surface area contributed by atoms with Crippen molar-refractivity contribution in [2.75, 3.05) is 18.0 Å². The van der Waals surface area contributed by atoms with Crippen LogP contribution in [0.15, 0.2) is 85.2 Å². The highest BCUT2D eigenvalue weighted by Crippen LogP contribution is 2.31. The van der Waals surface area contributed by atoms with E-state index in [0.717, 1.165) is 34.1 Å². The molecule has 6 nitrogen and oxygen atoms in total. The number of anilines is 1. The average molecular weight is 425 g/mol. The predicted octanol–water partition coefficient (Wildman–Crippen LogP) is 3.74. The zero-order valence-corrected chi connectivity index (χ0v) is 17.6. The molecule has 0 saturated carbocycles. The lowest BCUT2D eigenvalue weighted by Crippen LogP contribution is -2.34. The lowest BCUT2D eigenvalue weighted by atomic mass is 10.1. The van der Waals surface area contributed by atoms with Crippen molar-refractivity contribution in [2.24, 2.45) is 5.92 Å². The maximum atomic E-state index is 12.7. The van der Waals surface area contributed by atoms with Crippen LogP contribution in [-0.2, 0) is 16.0 Å². The van der Waals surface area contributed by atoms with E-state index in [9.17, 15) is 9.59 Å². The molecule has 6 heteroatoms. The zero-order valence-electron chi connectivity index (χ0n) is 17.6. The van der Waals surface area contributed by atoms with Gasteiger partial charge < -0.3 is 10.2 Å². The van der Waals surface area contributed by atoms with Gasteiger partial charge in [-0.1, -0.05) is 48.5 Å². The van der Waals surface area contributed by atoms with Gasteiger partial charge in [0.1, 0.15) is 0 Å². The second-order valence-corrected chi connectivity index (χ2v) is 8.06. The van der Waals surface area contributed by atoms with E-state index in [1.807, 2.05) is 83.7 Å². The molecule has 1 atom stereocenters. The molecule has 1 aliphatic heterocycles. The number of hydrogen-bond donors (Lipinski definition) is 1. The first-order valence-corrected chi connectivity index (χ1v) is 10.8. The summed E-state index contributed by atoms with van der Waals surface area (Å²) in [6, 6.07) is 24.0. The van der Waals surface area contributed by atoms with Gasteiger partial charge in [0.2, 0.25) is 11.8 Å². The molecule has 0 spiro atoms. The molecule has 2 amide bonds. The number of rotatable bonds is 6. The summed E-state index contributed by atoms with van der Waals surface area (Å²) in [6.45, 7) is 0.955. The molecule has 1 unspecified atom stereocenters. The summed E-state index contributed by atoms with van der Waals surface area (Å²) in [5, 5.41) is 9.35. The van der Waals surface area contributed by atoms with E-state index in [-0.39, 0.29) is 24.2 Å².